The van der Waals surface area contributed by atoms with Gasteiger partial charge in [0.25, 0.3) is 5.91 Å². The fourth-order valence-electron chi connectivity index (χ4n) is 5.73. The highest BCUT2D eigenvalue weighted by Crippen LogP contribution is 2.20. The Kier molecular flexibility index (Phi) is 12.6. The molecular weight excluding hydrogens is 558 g/mol. The van der Waals surface area contributed by atoms with E-state index in [4.69, 9.17) is 4.74 Å². The number of hydrogen-bond acceptors (Lipinski definition) is 6. The summed E-state index contributed by atoms with van der Waals surface area (Å²) in [6, 6.07) is 14.2. The van der Waals surface area contributed by atoms with Crippen LogP contribution in [0, 0.1) is 5.92 Å². The van der Waals surface area contributed by atoms with E-state index in [0.717, 1.165) is 31.5 Å². The molecule has 1 fully saturated rings. The lowest BCUT2D eigenvalue weighted by molar-refractivity contribution is -0.131. The quantitative estimate of drug-likeness (QED) is 0.367. The van der Waals surface area contributed by atoms with Crippen molar-refractivity contribution in [1.29, 1.82) is 0 Å². The zero-order chi connectivity index (χ0) is 31.3. The minimum absolute atomic E-state index is 0.105. The molecule has 238 valence electrons. The van der Waals surface area contributed by atoms with Crippen molar-refractivity contribution in [1.82, 2.24) is 26.2 Å². The first-order chi connectivity index (χ1) is 21.3. The predicted molar refractivity (Wildman–Crippen MR) is 169 cm³/mol. The molecule has 3 atom stereocenters. The van der Waals surface area contributed by atoms with E-state index in [1.807, 2.05) is 44.2 Å². The van der Waals surface area contributed by atoms with Crippen molar-refractivity contribution >= 4 is 23.6 Å². The van der Waals surface area contributed by atoms with Crippen LogP contribution in [0.2, 0.25) is 0 Å². The summed E-state index contributed by atoms with van der Waals surface area (Å²) in [5, 5.41) is 11.6. The average molecular weight is 606 g/mol. The van der Waals surface area contributed by atoms with Gasteiger partial charge in [0.2, 0.25) is 17.7 Å². The number of fused-ring (bicyclic) bond motifs is 1. The number of nitrogens with one attached hydrogen (secondary N) is 4. The summed E-state index contributed by atoms with van der Waals surface area (Å²) in [7, 11) is 0. The summed E-state index contributed by atoms with van der Waals surface area (Å²) in [4.78, 5) is 56.1. The summed E-state index contributed by atoms with van der Waals surface area (Å²) in [5.41, 5.74) is 1.26. The number of carbonyl (C=O) groups excluding carboxylic acids is 4. The van der Waals surface area contributed by atoms with Crippen molar-refractivity contribution in [3.63, 3.8) is 0 Å². The second-order valence-corrected chi connectivity index (χ2v) is 12.2. The van der Waals surface area contributed by atoms with Gasteiger partial charge in [-0.1, -0.05) is 69.2 Å². The van der Waals surface area contributed by atoms with E-state index < -0.39 is 35.8 Å². The lowest BCUT2D eigenvalue weighted by Gasteiger charge is -2.27. The highest BCUT2D eigenvalue weighted by Gasteiger charge is 2.30. The molecule has 4 rings (SSSR count). The Morgan fingerprint density at radius 1 is 0.932 bits per heavy atom. The first-order valence-electron chi connectivity index (χ1n) is 15.9. The van der Waals surface area contributed by atoms with Gasteiger partial charge in [-0.2, -0.15) is 0 Å². The van der Waals surface area contributed by atoms with Gasteiger partial charge in [-0.25, -0.2) is 0 Å². The lowest BCUT2D eigenvalue weighted by atomic mass is 10.0. The van der Waals surface area contributed by atoms with Gasteiger partial charge >= 0.3 is 0 Å². The summed E-state index contributed by atoms with van der Waals surface area (Å²) in [6.07, 6.45) is 5.35. The number of ether oxygens (including phenoxy) is 1. The fourth-order valence-corrected chi connectivity index (χ4v) is 5.73. The number of rotatable bonds is 8. The molecule has 10 heteroatoms. The van der Waals surface area contributed by atoms with Gasteiger partial charge in [-0.15, -0.1) is 0 Å². The highest BCUT2D eigenvalue weighted by molar-refractivity contribution is 6.01. The summed E-state index contributed by atoms with van der Waals surface area (Å²) in [6.45, 7) is 7.18. The van der Waals surface area contributed by atoms with Crippen LogP contribution in [-0.2, 0) is 20.8 Å². The largest absolute Gasteiger partial charge is 0.491 e. The van der Waals surface area contributed by atoms with Gasteiger partial charge in [-0.05, 0) is 62.4 Å². The minimum atomic E-state index is -1.13. The SMILES string of the molecule is CC(C)C[C@@H]1NC(=O)C[C@@H](C(=O)NCCN2CCCCCC2)NC(=O)c2ccccc2OC[C@@H](Cc2ccccc2)NC1=O. The van der Waals surface area contributed by atoms with Gasteiger partial charge in [0.15, 0.2) is 0 Å². The maximum absolute atomic E-state index is 13.6. The molecule has 4 amide bonds. The Labute approximate surface area is 260 Å². The second kappa shape index (κ2) is 16.8. The first kappa shape index (κ1) is 33.0. The van der Waals surface area contributed by atoms with Crippen molar-refractivity contribution in [3.05, 3.63) is 65.7 Å². The highest BCUT2D eigenvalue weighted by atomic mass is 16.5. The molecule has 2 aromatic carbocycles. The molecule has 2 aromatic rings. The molecule has 44 heavy (non-hydrogen) atoms. The van der Waals surface area contributed by atoms with Crippen molar-refractivity contribution in [3.8, 4) is 5.75 Å². The topological polar surface area (TPSA) is 129 Å². The molecule has 0 aromatic heterocycles. The molecule has 10 nitrogen and oxygen atoms in total. The number of amides is 4. The van der Waals surface area contributed by atoms with Crippen LogP contribution in [0.1, 0.15) is 68.3 Å². The number of likely N-dealkylation sites (tertiary alicyclic amines) is 1. The number of carbonyl (C=O) groups is 4. The third-order valence-corrected chi connectivity index (χ3v) is 8.04. The fraction of sp³-hybridized carbons (Fsp3) is 0.529. The van der Waals surface area contributed by atoms with Crippen LogP contribution < -0.4 is 26.0 Å². The molecule has 2 heterocycles. The van der Waals surface area contributed by atoms with E-state index >= 15 is 0 Å². The average Bonchev–Trinajstić information content (AvgIpc) is 3.28. The zero-order valence-corrected chi connectivity index (χ0v) is 26.0. The number of benzene rings is 2. The second-order valence-electron chi connectivity index (χ2n) is 12.2. The third kappa shape index (κ3) is 10.4. The van der Waals surface area contributed by atoms with Crippen LogP contribution in [0.3, 0.4) is 0 Å². The summed E-state index contributed by atoms with van der Waals surface area (Å²) < 4.78 is 6.14. The monoisotopic (exact) mass is 605 g/mol. The van der Waals surface area contributed by atoms with Crippen LogP contribution in [0.15, 0.2) is 54.6 Å². The Bertz CT molecular complexity index is 1250. The molecule has 0 spiro atoms. The number of hydrogen-bond donors (Lipinski definition) is 4. The molecule has 1 saturated heterocycles. The molecule has 2 aliphatic rings. The molecule has 4 N–H and O–H groups in total. The molecule has 0 radical (unpaired) electrons. The minimum Gasteiger partial charge on any atom is -0.491 e. The van der Waals surface area contributed by atoms with Crippen molar-refractivity contribution in [2.75, 3.05) is 32.8 Å². The Hall–Kier alpha value is -3.92. The van der Waals surface area contributed by atoms with Crippen molar-refractivity contribution < 1.29 is 23.9 Å². The van der Waals surface area contributed by atoms with Gasteiger partial charge in [-0.3, -0.25) is 19.2 Å². The standard InChI is InChI=1S/C34H47N5O5/c1-24(2)20-28-34(43)36-26(21-25-12-6-5-7-13-25)23-44-30-15-9-8-14-27(30)32(41)38-29(22-31(40)37-28)33(42)35-16-19-39-17-10-3-4-11-18-39/h5-9,12-15,24,26,28-29H,3-4,10-11,16-23H2,1-2H3,(H,35,42)(H,36,43)(H,37,40)(H,38,41)/t26-,28+,29+/m1/s1. The first-order valence-corrected chi connectivity index (χ1v) is 15.9. The normalized spacial score (nSPS) is 22.3. The molecule has 0 aliphatic carbocycles. The Morgan fingerprint density at radius 3 is 2.36 bits per heavy atom. The van der Waals surface area contributed by atoms with E-state index in [9.17, 15) is 19.2 Å². The van der Waals surface area contributed by atoms with Crippen LogP contribution in [0.4, 0.5) is 0 Å². The van der Waals surface area contributed by atoms with Crippen molar-refractivity contribution in [2.45, 2.75) is 76.9 Å². The molecule has 0 bridgehead atoms. The van der Waals surface area contributed by atoms with Gasteiger partial charge in [0, 0.05) is 13.1 Å². The molecular formula is C34H47N5O5. The predicted octanol–water partition coefficient (Wildman–Crippen LogP) is 2.82. The van der Waals surface area contributed by atoms with E-state index in [0.29, 0.717) is 31.7 Å². The molecule has 2 aliphatic heterocycles. The maximum atomic E-state index is 13.6. The van der Waals surface area contributed by atoms with Crippen LogP contribution in [-0.4, -0.2) is 79.4 Å². The maximum Gasteiger partial charge on any atom is 0.255 e. The van der Waals surface area contributed by atoms with Crippen molar-refractivity contribution in [2.24, 2.45) is 5.92 Å². The van der Waals surface area contributed by atoms with Crippen LogP contribution in [0.5, 0.6) is 5.75 Å². The van der Waals surface area contributed by atoms with E-state index in [2.05, 4.69) is 26.2 Å². The zero-order valence-electron chi connectivity index (χ0n) is 26.0. The molecule has 0 unspecified atom stereocenters. The van der Waals surface area contributed by atoms with Gasteiger partial charge in [0.1, 0.15) is 24.4 Å². The van der Waals surface area contributed by atoms with E-state index in [1.54, 1.807) is 24.3 Å². The van der Waals surface area contributed by atoms with Crippen LogP contribution in [0.25, 0.3) is 0 Å². The van der Waals surface area contributed by atoms with Gasteiger partial charge < -0.3 is 30.9 Å². The molecule has 0 saturated carbocycles. The lowest BCUT2D eigenvalue weighted by Crippen LogP contribution is -2.54. The Morgan fingerprint density at radius 2 is 1.64 bits per heavy atom. The van der Waals surface area contributed by atoms with Gasteiger partial charge in [0.05, 0.1) is 18.0 Å². The summed E-state index contributed by atoms with van der Waals surface area (Å²) >= 11 is 0. The third-order valence-electron chi connectivity index (χ3n) is 8.04. The Balaban J connectivity index is 1.54. The van der Waals surface area contributed by atoms with Crippen LogP contribution >= 0.6 is 0 Å². The summed E-state index contributed by atoms with van der Waals surface area (Å²) in [5.74, 6) is -1.30. The number of nitrogens with zero attached hydrogens (tertiary/aromatic N) is 1. The number of para-hydroxylation sites is 1. The van der Waals surface area contributed by atoms with E-state index in [1.165, 1.54) is 12.8 Å². The van der Waals surface area contributed by atoms with E-state index in [-0.39, 0.29) is 30.4 Å². The smallest absolute Gasteiger partial charge is 0.255 e.